The number of aliphatic hydroxyl groups is 1. The minimum Gasteiger partial charge on any atom is -0.508 e. The predicted octanol–water partition coefficient (Wildman–Crippen LogP) is 4.20. The van der Waals surface area contributed by atoms with Crippen LogP contribution in [0.3, 0.4) is 0 Å². The Labute approximate surface area is 178 Å². The highest BCUT2D eigenvalue weighted by molar-refractivity contribution is 6.46. The molecule has 31 heavy (non-hydrogen) atoms. The molecule has 0 bridgehead atoms. The van der Waals surface area contributed by atoms with Gasteiger partial charge in [0.05, 0.1) is 11.6 Å². The number of phenols is 1. The first-order valence-electron chi connectivity index (χ1n) is 9.83. The molecule has 1 atom stereocenters. The number of ketones is 1. The summed E-state index contributed by atoms with van der Waals surface area (Å²) in [4.78, 5) is 27.1. The van der Waals surface area contributed by atoms with E-state index in [0.717, 1.165) is 5.56 Å². The maximum Gasteiger partial charge on any atom is 0.295 e. The molecule has 0 spiro atoms. The Morgan fingerprint density at radius 3 is 2.23 bits per heavy atom. The maximum atomic E-state index is 14.7. The Hall–Kier alpha value is -3.93. The van der Waals surface area contributed by atoms with Gasteiger partial charge in [0, 0.05) is 17.7 Å². The van der Waals surface area contributed by atoms with Crippen LogP contribution in [0, 0.1) is 5.82 Å². The van der Waals surface area contributed by atoms with Crippen molar-refractivity contribution in [2.24, 2.45) is 0 Å². The first kappa shape index (κ1) is 20.3. The molecule has 1 unspecified atom stereocenters. The van der Waals surface area contributed by atoms with Crippen molar-refractivity contribution < 1.29 is 24.2 Å². The van der Waals surface area contributed by atoms with Gasteiger partial charge in [0.2, 0.25) is 0 Å². The largest absolute Gasteiger partial charge is 0.508 e. The van der Waals surface area contributed by atoms with Gasteiger partial charge in [0.1, 0.15) is 17.3 Å². The zero-order valence-corrected chi connectivity index (χ0v) is 16.5. The molecule has 6 heteroatoms. The molecule has 156 valence electrons. The lowest BCUT2D eigenvalue weighted by molar-refractivity contribution is -0.139. The minimum atomic E-state index is -1.04. The summed E-state index contributed by atoms with van der Waals surface area (Å²) >= 11 is 0. The van der Waals surface area contributed by atoms with Gasteiger partial charge in [-0.2, -0.15) is 0 Å². The molecule has 5 nitrogen and oxygen atoms in total. The van der Waals surface area contributed by atoms with Crippen LogP contribution in [0.15, 0.2) is 84.4 Å². The summed E-state index contributed by atoms with van der Waals surface area (Å²) < 4.78 is 14.7. The van der Waals surface area contributed by atoms with E-state index in [1.54, 1.807) is 48.5 Å². The molecule has 1 saturated heterocycles. The second kappa shape index (κ2) is 8.44. The predicted molar refractivity (Wildman–Crippen MR) is 114 cm³/mol. The van der Waals surface area contributed by atoms with Crippen molar-refractivity contribution in [2.45, 2.75) is 12.5 Å². The molecule has 3 aromatic carbocycles. The van der Waals surface area contributed by atoms with Gasteiger partial charge in [-0.15, -0.1) is 0 Å². The number of aliphatic hydroxyl groups excluding tert-OH is 1. The second-order valence-electron chi connectivity index (χ2n) is 7.30. The number of aromatic hydroxyl groups is 1. The van der Waals surface area contributed by atoms with E-state index in [9.17, 15) is 24.2 Å². The average molecular weight is 417 g/mol. The number of phenolic OH excluding ortho intramolecular Hbond substituents is 1. The number of rotatable bonds is 5. The Kier molecular flexibility index (Phi) is 5.54. The first-order chi connectivity index (χ1) is 15.0. The summed E-state index contributed by atoms with van der Waals surface area (Å²) in [6.07, 6.45) is 0.392. The van der Waals surface area contributed by atoms with Gasteiger partial charge in [-0.1, -0.05) is 60.7 Å². The Morgan fingerprint density at radius 1 is 0.903 bits per heavy atom. The monoisotopic (exact) mass is 417 g/mol. The number of carbonyl (C=O) groups excluding carboxylic acids is 2. The number of Topliss-reactive ketones (excluding diaryl/α,β-unsaturated/α-hetero) is 1. The SMILES string of the molecule is O=C1C(=O)N(CCc2ccc(O)cc2)C(c2ccccc2F)/C1=C(\O)c1ccccc1. The van der Waals surface area contributed by atoms with Gasteiger partial charge in [0.15, 0.2) is 0 Å². The number of amides is 1. The molecule has 0 aromatic heterocycles. The maximum absolute atomic E-state index is 14.7. The van der Waals surface area contributed by atoms with E-state index in [4.69, 9.17) is 0 Å². The standard InChI is InChI=1S/C25H20FNO4/c26-20-9-5-4-8-19(20)22-21(23(29)17-6-2-1-3-7-17)24(30)25(31)27(22)15-14-16-10-12-18(28)13-11-16/h1-13,22,28-29H,14-15H2/b23-21+. The van der Waals surface area contributed by atoms with Crippen LogP contribution in [-0.2, 0) is 16.0 Å². The van der Waals surface area contributed by atoms with Gasteiger partial charge >= 0.3 is 0 Å². The second-order valence-corrected chi connectivity index (χ2v) is 7.30. The third-order valence-electron chi connectivity index (χ3n) is 5.36. The fourth-order valence-electron chi connectivity index (χ4n) is 3.79. The van der Waals surface area contributed by atoms with Crippen molar-refractivity contribution >= 4 is 17.4 Å². The average Bonchev–Trinajstić information content (AvgIpc) is 3.04. The van der Waals surface area contributed by atoms with Crippen LogP contribution < -0.4 is 0 Å². The highest BCUT2D eigenvalue weighted by atomic mass is 19.1. The Balaban J connectivity index is 1.78. The van der Waals surface area contributed by atoms with E-state index in [2.05, 4.69) is 0 Å². The van der Waals surface area contributed by atoms with Crippen LogP contribution in [0.4, 0.5) is 4.39 Å². The lowest BCUT2D eigenvalue weighted by Gasteiger charge is -2.25. The fourth-order valence-corrected chi connectivity index (χ4v) is 3.79. The molecule has 1 fully saturated rings. The van der Waals surface area contributed by atoms with E-state index in [0.29, 0.717) is 12.0 Å². The lowest BCUT2D eigenvalue weighted by Crippen LogP contribution is -2.32. The van der Waals surface area contributed by atoms with Crippen molar-refractivity contribution in [3.8, 4) is 5.75 Å². The van der Waals surface area contributed by atoms with E-state index in [-0.39, 0.29) is 29.2 Å². The van der Waals surface area contributed by atoms with E-state index in [1.165, 1.54) is 35.2 Å². The van der Waals surface area contributed by atoms with Gasteiger partial charge < -0.3 is 15.1 Å². The van der Waals surface area contributed by atoms with Crippen LogP contribution in [0.2, 0.25) is 0 Å². The van der Waals surface area contributed by atoms with Gasteiger partial charge in [-0.3, -0.25) is 9.59 Å². The number of hydrogen-bond acceptors (Lipinski definition) is 4. The summed E-state index contributed by atoms with van der Waals surface area (Å²) in [5, 5.41) is 20.3. The number of nitrogens with zero attached hydrogens (tertiary/aromatic N) is 1. The number of hydrogen-bond donors (Lipinski definition) is 2. The molecular formula is C25H20FNO4. The molecule has 0 saturated carbocycles. The van der Waals surface area contributed by atoms with Crippen LogP contribution in [-0.4, -0.2) is 33.3 Å². The number of halogens is 1. The zero-order chi connectivity index (χ0) is 22.0. The third kappa shape index (κ3) is 3.92. The lowest BCUT2D eigenvalue weighted by atomic mass is 9.95. The van der Waals surface area contributed by atoms with E-state index in [1.807, 2.05) is 0 Å². The molecule has 3 aromatic rings. The molecule has 1 heterocycles. The number of benzene rings is 3. The van der Waals surface area contributed by atoms with Crippen molar-refractivity contribution in [3.63, 3.8) is 0 Å². The van der Waals surface area contributed by atoms with Crippen LogP contribution in [0.25, 0.3) is 5.76 Å². The quantitative estimate of drug-likeness (QED) is 0.371. The summed E-state index contributed by atoms with van der Waals surface area (Å²) in [6.45, 7) is 0.139. The van der Waals surface area contributed by atoms with Crippen LogP contribution in [0.5, 0.6) is 5.75 Å². The van der Waals surface area contributed by atoms with Crippen molar-refractivity contribution in [1.29, 1.82) is 0 Å². The highest BCUT2D eigenvalue weighted by Crippen LogP contribution is 2.40. The molecule has 1 amide bonds. The number of likely N-dealkylation sites (tertiary alicyclic amines) is 1. The van der Waals surface area contributed by atoms with Gasteiger partial charge in [-0.25, -0.2) is 4.39 Å². The normalized spacial score (nSPS) is 17.8. The molecule has 4 rings (SSSR count). The first-order valence-corrected chi connectivity index (χ1v) is 9.83. The molecular weight excluding hydrogens is 397 g/mol. The topological polar surface area (TPSA) is 77.8 Å². The van der Waals surface area contributed by atoms with Crippen LogP contribution in [0.1, 0.15) is 22.7 Å². The van der Waals surface area contributed by atoms with Gasteiger partial charge in [-0.05, 0) is 30.2 Å². The van der Waals surface area contributed by atoms with E-state index >= 15 is 0 Å². The van der Waals surface area contributed by atoms with Crippen molar-refractivity contribution in [3.05, 3.63) is 107 Å². The summed E-state index contributed by atoms with van der Waals surface area (Å²) in [5.41, 5.74) is 1.23. The van der Waals surface area contributed by atoms with Gasteiger partial charge in [0.25, 0.3) is 11.7 Å². The van der Waals surface area contributed by atoms with E-state index < -0.39 is 23.5 Å². The molecule has 0 radical (unpaired) electrons. The third-order valence-corrected chi connectivity index (χ3v) is 5.36. The Morgan fingerprint density at radius 2 is 1.55 bits per heavy atom. The smallest absolute Gasteiger partial charge is 0.295 e. The Bertz CT molecular complexity index is 1160. The number of carbonyl (C=O) groups is 2. The summed E-state index contributed by atoms with van der Waals surface area (Å²) in [7, 11) is 0. The molecule has 0 aliphatic carbocycles. The summed E-state index contributed by atoms with van der Waals surface area (Å²) in [5.74, 6) is -2.41. The fraction of sp³-hybridized carbons (Fsp3) is 0.120. The highest BCUT2D eigenvalue weighted by Gasteiger charge is 2.46. The molecule has 2 N–H and O–H groups in total. The minimum absolute atomic E-state index is 0.124. The molecule has 1 aliphatic rings. The zero-order valence-electron chi connectivity index (χ0n) is 16.5. The van der Waals surface area contributed by atoms with Crippen molar-refractivity contribution in [1.82, 2.24) is 4.90 Å². The van der Waals surface area contributed by atoms with Crippen molar-refractivity contribution in [2.75, 3.05) is 6.54 Å². The molecule has 1 aliphatic heterocycles. The summed E-state index contributed by atoms with van der Waals surface area (Å²) in [6, 6.07) is 19.8. The van der Waals surface area contributed by atoms with Crippen LogP contribution >= 0.6 is 0 Å².